The molecular weight excluding hydrogens is 148 g/mol. The summed E-state index contributed by atoms with van der Waals surface area (Å²) in [6, 6.07) is 0. The molecule has 12 heavy (non-hydrogen) atoms. The van der Waals surface area contributed by atoms with Crippen LogP contribution in [0.3, 0.4) is 0 Å². The molecule has 0 aliphatic rings. The van der Waals surface area contributed by atoms with Gasteiger partial charge in [0.1, 0.15) is 0 Å². The second-order valence-corrected chi connectivity index (χ2v) is 4.16. The zero-order valence-corrected chi connectivity index (χ0v) is 8.85. The predicted molar refractivity (Wildman–Crippen MR) is 53.0 cm³/mol. The number of carbonyl (C=O) groups is 1. The van der Waals surface area contributed by atoms with Crippen molar-refractivity contribution in [2.45, 2.75) is 34.6 Å². The van der Waals surface area contributed by atoms with Crippen LogP contribution < -0.4 is 0 Å². The fourth-order valence-corrected chi connectivity index (χ4v) is 1.66. The lowest BCUT2D eigenvalue weighted by Gasteiger charge is -2.23. The number of ketones is 1. The molecule has 0 aromatic carbocycles. The predicted octanol–water partition coefficient (Wildman–Crippen LogP) is 3.06. The van der Waals surface area contributed by atoms with Gasteiger partial charge in [-0.2, -0.15) is 0 Å². The van der Waals surface area contributed by atoms with E-state index in [4.69, 9.17) is 0 Å². The summed E-state index contributed by atoms with van der Waals surface area (Å²) in [5.74, 6) is 1.19. The van der Waals surface area contributed by atoms with Crippen molar-refractivity contribution in [2.24, 2.45) is 17.8 Å². The fourth-order valence-electron chi connectivity index (χ4n) is 1.66. The molecule has 1 nitrogen and oxygen atoms in total. The van der Waals surface area contributed by atoms with E-state index in [1.807, 2.05) is 0 Å². The normalized spacial score (nSPS) is 11.3. The van der Waals surface area contributed by atoms with Crippen LogP contribution in [-0.2, 0) is 4.79 Å². The molecule has 0 aliphatic heterocycles. The van der Waals surface area contributed by atoms with Crippen molar-refractivity contribution in [2.75, 3.05) is 0 Å². The quantitative estimate of drug-likeness (QED) is 0.590. The Bertz CT molecular complexity index is 169. The average Bonchev–Trinajstić information content (AvgIpc) is 1.85. The van der Waals surface area contributed by atoms with Gasteiger partial charge in [0.05, 0.1) is 0 Å². The van der Waals surface area contributed by atoms with Crippen LogP contribution in [0.1, 0.15) is 34.6 Å². The van der Waals surface area contributed by atoms with Gasteiger partial charge in [-0.15, -0.1) is 0 Å². The minimum absolute atomic E-state index is 0.141. The third-order valence-corrected chi connectivity index (χ3v) is 2.16. The molecule has 0 unspecified atom stereocenters. The summed E-state index contributed by atoms with van der Waals surface area (Å²) in [4.78, 5) is 11.6. The molecule has 0 heterocycles. The Kier molecular flexibility index (Phi) is 4.22. The monoisotopic (exact) mass is 168 g/mol. The van der Waals surface area contributed by atoms with Crippen molar-refractivity contribution in [3.8, 4) is 0 Å². The molecular formula is C11H20O. The lowest BCUT2D eigenvalue weighted by Crippen LogP contribution is -2.25. The molecule has 0 atom stereocenters. The van der Waals surface area contributed by atoms with Gasteiger partial charge >= 0.3 is 0 Å². The van der Waals surface area contributed by atoms with Crippen molar-refractivity contribution in [3.05, 3.63) is 12.2 Å². The van der Waals surface area contributed by atoms with Gasteiger partial charge in [0.25, 0.3) is 0 Å². The van der Waals surface area contributed by atoms with E-state index in [2.05, 4.69) is 34.3 Å². The van der Waals surface area contributed by atoms with E-state index in [0.717, 1.165) is 0 Å². The molecule has 0 N–H and O–H groups in total. The molecule has 0 aliphatic carbocycles. The van der Waals surface area contributed by atoms with E-state index >= 15 is 0 Å². The summed E-state index contributed by atoms with van der Waals surface area (Å²) in [7, 11) is 0. The molecule has 0 aromatic rings. The fraction of sp³-hybridized carbons (Fsp3) is 0.727. The second-order valence-electron chi connectivity index (χ2n) is 4.16. The van der Waals surface area contributed by atoms with Gasteiger partial charge in [-0.05, 0) is 24.3 Å². The van der Waals surface area contributed by atoms with Crippen LogP contribution in [0.2, 0.25) is 0 Å². The molecule has 0 bridgehead atoms. The Morgan fingerprint density at radius 3 is 1.50 bits per heavy atom. The lowest BCUT2D eigenvalue weighted by atomic mass is 9.80. The molecule has 0 saturated heterocycles. The number of allylic oxidation sites excluding steroid dienone is 1. The zero-order chi connectivity index (χ0) is 9.89. The van der Waals surface area contributed by atoms with E-state index in [1.165, 1.54) is 0 Å². The number of Topliss-reactive ketones (excluding diaryl/α,β-unsaturated/α-hetero) is 1. The first-order valence-electron chi connectivity index (χ1n) is 4.57. The summed E-state index contributed by atoms with van der Waals surface area (Å²) in [5.41, 5.74) is 0.683. The first-order chi connectivity index (χ1) is 5.37. The molecule has 70 valence electrons. The highest BCUT2D eigenvalue weighted by atomic mass is 16.1. The molecule has 0 spiro atoms. The van der Waals surface area contributed by atoms with Crippen molar-refractivity contribution < 1.29 is 4.79 Å². The van der Waals surface area contributed by atoms with Crippen molar-refractivity contribution in [1.82, 2.24) is 0 Å². The third-order valence-electron chi connectivity index (χ3n) is 2.16. The van der Waals surface area contributed by atoms with Crippen LogP contribution >= 0.6 is 0 Å². The van der Waals surface area contributed by atoms with E-state index < -0.39 is 0 Å². The smallest absolute Gasteiger partial charge is 0.161 e. The minimum Gasteiger partial charge on any atom is -0.294 e. The van der Waals surface area contributed by atoms with Crippen molar-refractivity contribution in [1.29, 1.82) is 0 Å². The SMILES string of the molecule is C=C(C)C(=O)C(C(C)C)C(C)C. The van der Waals surface area contributed by atoms with E-state index in [-0.39, 0.29) is 11.7 Å². The highest BCUT2D eigenvalue weighted by Crippen LogP contribution is 2.23. The molecule has 1 heteroatoms. The largest absolute Gasteiger partial charge is 0.294 e. The molecule has 0 rings (SSSR count). The van der Waals surface area contributed by atoms with E-state index in [0.29, 0.717) is 17.4 Å². The number of hydrogen-bond acceptors (Lipinski definition) is 1. The Hall–Kier alpha value is -0.590. The first-order valence-corrected chi connectivity index (χ1v) is 4.57. The molecule has 0 amide bonds. The second kappa shape index (κ2) is 4.44. The van der Waals surface area contributed by atoms with Crippen LogP contribution in [0.4, 0.5) is 0 Å². The Balaban J connectivity index is 4.52. The summed E-state index contributed by atoms with van der Waals surface area (Å²) in [6.45, 7) is 13.8. The molecule has 0 saturated carbocycles. The Labute approximate surface area is 75.9 Å². The number of rotatable bonds is 4. The van der Waals surface area contributed by atoms with E-state index in [9.17, 15) is 4.79 Å². The maximum Gasteiger partial charge on any atom is 0.161 e. The maximum atomic E-state index is 11.6. The molecule has 0 radical (unpaired) electrons. The highest BCUT2D eigenvalue weighted by Gasteiger charge is 2.25. The summed E-state index contributed by atoms with van der Waals surface area (Å²) in [5, 5.41) is 0. The Morgan fingerprint density at radius 2 is 1.42 bits per heavy atom. The number of hydrogen-bond donors (Lipinski definition) is 0. The zero-order valence-electron chi connectivity index (χ0n) is 8.85. The first kappa shape index (κ1) is 11.4. The Morgan fingerprint density at radius 1 is 1.08 bits per heavy atom. The molecule has 0 fully saturated rings. The van der Waals surface area contributed by atoms with Gasteiger partial charge in [0, 0.05) is 5.92 Å². The van der Waals surface area contributed by atoms with Crippen LogP contribution in [0.15, 0.2) is 12.2 Å². The average molecular weight is 168 g/mol. The standard InChI is InChI=1S/C11H20O/c1-7(2)10(8(3)4)11(12)9(5)6/h7-8,10H,5H2,1-4,6H3. The summed E-state index contributed by atoms with van der Waals surface area (Å²) >= 11 is 0. The summed E-state index contributed by atoms with van der Waals surface area (Å²) < 4.78 is 0. The lowest BCUT2D eigenvalue weighted by molar-refractivity contribution is -0.121. The summed E-state index contributed by atoms with van der Waals surface area (Å²) in [6.07, 6.45) is 0. The van der Waals surface area contributed by atoms with Gasteiger partial charge in [0.15, 0.2) is 5.78 Å². The number of carbonyl (C=O) groups excluding carboxylic acids is 1. The van der Waals surface area contributed by atoms with Gasteiger partial charge in [0.2, 0.25) is 0 Å². The minimum atomic E-state index is 0.141. The van der Waals surface area contributed by atoms with Crippen LogP contribution in [-0.4, -0.2) is 5.78 Å². The molecule has 0 aromatic heterocycles. The van der Waals surface area contributed by atoms with Crippen LogP contribution in [0.25, 0.3) is 0 Å². The van der Waals surface area contributed by atoms with Gasteiger partial charge in [-0.1, -0.05) is 34.3 Å². The van der Waals surface area contributed by atoms with Crippen molar-refractivity contribution >= 4 is 5.78 Å². The third kappa shape index (κ3) is 2.80. The van der Waals surface area contributed by atoms with E-state index in [1.54, 1.807) is 6.92 Å². The van der Waals surface area contributed by atoms with Gasteiger partial charge < -0.3 is 0 Å². The topological polar surface area (TPSA) is 17.1 Å². The maximum absolute atomic E-state index is 11.6. The highest BCUT2D eigenvalue weighted by molar-refractivity contribution is 5.96. The van der Waals surface area contributed by atoms with Gasteiger partial charge in [-0.25, -0.2) is 0 Å². The van der Waals surface area contributed by atoms with Crippen molar-refractivity contribution in [3.63, 3.8) is 0 Å². The van der Waals surface area contributed by atoms with Crippen LogP contribution in [0, 0.1) is 17.8 Å². The van der Waals surface area contributed by atoms with Crippen LogP contribution in [0.5, 0.6) is 0 Å². The van der Waals surface area contributed by atoms with Gasteiger partial charge in [-0.3, -0.25) is 4.79 Å².